The number of fused-ring (bicyclic) bond motifs is 1. The van der Waals surface area contributed by atoms with Crippen molar-refractivity contribution in [1.29, 1.82) is 0 Å². The van der Waals surface area contributed by atoms with E-state index in [-0.39, 0.29) is 27.6 Å². The van der Waals surface area contributed by atoms with Crippen LogP contribution < -0.4 is 19.7 Å². The minimum atomic E-state index is -3.89. The molecule has 2 atom stereocenters. The fourth-order valence-electron chi connectivity index (χ4n) is 5.51. The van der Waals surface area contributed by atoms with Crippen LogP contribution in [0.15, 0.2) is 17.0 Å². The van der Waals surface area contributed by atoms with E-state index in [0.717, 1.165) is 38.9 Å². The monoisotopic (exact) mass is 595 g/mol. The van der Waals surface area contributed by atoms with Crippen molar-refractivity contribution in [3.63, 3.8) is 0 Å². The molecule has 3 aliphatic heterocycles. The molecule has 3 saturated heterocycles. The maximum Gasteiger partial charge on any atom is 0.291 e. The molecule has 11 nitrogen and oxygen atoms in total. The molecule has 1 saturated carbocycles. The molecule has 2 N–H and O–H groups in total. The lowest BCUT2D eigenvalue weighted by Crippen LogP contribution is -2.58. The summed E-state index contributed by atoms with van der Waals surface area (Å²) in [5.41, 5.74) is 0.811. The zero-order valence-corrected chi connectivity index (χ0v) is 23.8. The molecule has 0 unspecified atom stereocenters. The second kappa shape index (κ2) is 9.28. The lowest BCUT2D eigenvalue weighted by atomic mass is 9.76. The number of anilines is 1. The van der Waals surface area contributed by atoms with Gasteiger partial charge < -0.3 is 19.7 Å². The number of hydrogen-bond donors (Lipinski definition) is 2. The van der Waals surface area contributed by atoms with E-state index in [0.29, 0.717) is 53.4 Å². The minimum Gasteiger partial charge on any atom is -0.470 e. The SMILES string of the molecule is C[C@H]1NC[C@@H]1Oc1nn(-c2nnc(C(F)F)s2)c2cc(S(=O)(=O)NC3(C)CC3)cc(N3CCC4(CC3)COC4)c12. The van der Waals surface area contributed by atoms with E-state index in [1.54, 1.807) is 6.07 Å². The molecular weight excluding hydrogens is 564 g/mol. The van der Waals surface area contributed by atoms with E-state index in [1.807, 2.05) is 13.8 Å². The van der Waals surface area contributed by atoms with Gasteiger partial charge in [-0.1, -0.05) is 11.3 Å². The zero-order valence-electron chi connectivity index (χ0n) is 22.2. The molecule has 15 heteroatoms. The van der Waals surface area contributed by atoms with Gasteiger partial charge in [-0.2, -0.15) is 0 Å². The normalized spacial score (nSPS) is 25.3. The summed E-state index contributed by atoms with van der Waals surface area (Å²) in [5, 5.41) is 15.9. The Morgan fingerprint density at radius 1 is 1.20 bits per heavy atom. The van der Waals surface area contributed by atoms with Gasteiger partial charge in [-0.15, -0.1) is 15.3 Å². The maximum absolute atomic E-state index is 13.6. The Bertz CT molecular complexity index is 1560. The van der Waals surface area contributed by atoms with Crippen LogP contribution >= 0.6 is 11.3 Å². The lowest BCUT2D eigenvalue weighted by molar-refractivity contribution is -0.124. The van der Waals surface area contributed by atoms with E-state index >= 15 is 0 Å². The molecule has 40 heavy (non-hydrogen) atoms. The molecule has 0 bridgehead atoms. The molecule has 1 spiro atoms. The number of nitrogens with zero attached hydrogens (tertiary/aromatic N) is 5. The number of ether oxygens (including phenoxy) is 2. The van der Waals surface area contributed by atoms with Crippen LogP contribution in [-0.2, 0) is 14.8 Å². The highest BCUT2D eigenvalue weighted by Gasteiger charge is 2.43. The highest BCUT2D eigenvalue weighted by molar-refractivity contribution is 7.89. The summed E-state index contributed by atoms with van der Waals surface area (Å²) < 4.78 is 70.1. The average molecular weight is 596 g/mol. The molecule has 0 amide bonds. The Hall–Kier alpha value is -2.46. The molecule has 216 valence electrons. The Kier molecular flexibility index (Phi) is 6.13. The number of aromatic nitrogens is 4. The van der Waals surface area contributed by atoms with Crippen LogP contribution in [0.25, 0.3) is 16.0 Å². The van der Waals surface area contributed by atoms with Crippen molar-refractivity contribution in [2.45, 2.75) is 68.5 Å². The molecule has 2 aromatic heterocycles. The number of hydrogen-bond acceptors (Lipinski definition) is 10. The molecule has 4 aliphatic rings. The van der Waals surface area contributed by atoms with E-state index in [4.69, 9.17) is 9.47 Å². The van der Waals surface area contributed by atoms with Crippen molar-refractivity contribution in [2.75, 3.05) is 37.7 Å². The first-order valence-electron chi connectivity index (χ1n) is 13.5. The van der Waals surface area contributed by atoms with Crippen molar-refractivity contribution < 1.29 is 26.7 Å². The van der Waals surface area contributed by atoms with Gasteiger partial charge in [0.25, 0.3) is 6.43 Å². The summed E-state index contributed by atoms with van der Waals surface area (Å²) in [5.74, 6) is 0.315. The van der Waals surface area contributed by atoms with Crippen LogP contribution in [0.5, 0.6) is 5.88 Å². The standard InChI is InChI=1S/C25H31F2N7O4S2/c1-14-18(11-28-14)38-21-19-16(33-7-5-25(6-8-33)12-37-13-25)9-15(40(35,36)32-24(2)3-4-24)10-17(19)34(31-21)23-30-29-22(39-23)20(26)27/h9-10,14,18,20,28,32H,3-8,11-13H2,1-2H3/t14-,18+/m1/s1. The number of alkyl halides is 2. The van der Waals surface area contributed by atoms with Gasteiger partial charge >= 0.3 is 0 Å². The number of piperidine rings is 1. The first-order chi connectivity index (χ1) is 19.0. The molecule has 1 aliphatic carbocycles. The largest absolute Gasteiger partial charge is 0.470 e. The van der Waals surface area contributed by atoms with Gasteiger partial charge in [-0.25, -0.2) is 26.6 Å². The number of benzene rings is 1. The van der Waals surface area contributed by atoms with Crippen LogP contribution in [0.2, 0.25) is 0 Å². The van der Waals surface area contributed by atoms with Crippen molar-refractivity contribution in [2.24, 2.45) is 5.41 Å². The highest BCUT2D eigenvalue weighted by atomic mass is 32.2. The van der Waals surface area contributed by atoms with Gasteiger partial charge in [0.1, 0.15) is 6.10 Å². The van der Waals surface area contributed by atoms with Gasteiger partial charge in [-0.05, 0) is 51.7 Å². The first kappa shape index (κ1) is 26.4. The van der Waals surface area contributed by atoms with Crippen LogP contribution in [0, 0.1) is 5.41 Å². The smallest absolute Gasteiger partial charge is 0.291 e. The average Bonchev–Trinajstić information content (AvgIpc) is 3.28. The molecule has 7 rings (SSSR count). The zero-order chi connectivity index (χ0) is 27.9. The predicted octanol–water partition coefficient (Wildman–Crippen LogP) is 3.00. The number of sulfonamides is 1. The van der Waals surface area contributed by atoms with Crippen molar-refractivity contribution in [3.8, 4) is 11.0 Å². The summed E-state index contributed by atoms with van der Waals surface area (Å²) >= 11 is 0.714. The maximum atomic E-state index is 13.6. The van der Waals surface area contributed by atoms with Gasteiger partial charge in [0, 0.05) is 36.6 Å². The molecule has 1 aromatic carbocycles. The summed E-state index contributed by atoms with van der Waals surface area (Å²) in [4.78, 5) is 2.26. The van der Waals surface area contributed by atoms with Gasteiger partial charge in [0.2, 0.25) is 21.0 Å². The summed E-state index contributed by atoms with van der Waals surface area (Å²) in [7, 11) is -3.89. The van der Waals surface area contributed by atoms with Gasteiger partial charge in [-0.3, -0.25) is 0 Å². The molecule has 5 heterocycles. The van der Waals surface area contributed by atoms with Gasteiger partial charge in [0.15, 0.2) is 5.01 Å². The fraction of sp³-hybridized carbons (Fsp3) is 0.640. The Morgan fingerprint density at radius 3 is 2.50 bits per heavy atom. The quantitative estimate of drug-likeness (QED) is 0.405. The van der Waals surface area contributed by atoms with E-state index in [2.05, 4.69) is 30.2 Å². The van der Waals surface area contributed by atoms with Crippen LogP contribution in [0.4, 0.5) is 14.5 Å². The molecule has 4 fully saturated rings. The second-order valence-corrected chi connectivity index (χ2v) is 14.4. The summed E-state index contributed by atoms with van der Waals surface area (Å²) in [6.07, 6.45) is 0.456. The Balaban J connectivity index is 1.39. The third kappa shape index (κ3) is 4.55. The minimum absolute atomic E-state index is 0.0837. The van der Waals surface area contributed by atoms with Crippen LogP contribution in [0.1, 0.15) is 51.0 Å². The van der Waals surface area contributed by atoms with E-state index in [1.165, 1.54) is 10.7 Å². The fourth-order valence-corrected chi connectivity index (χ4v) is 7.68. The highest BCUT2D eigenvalue weighted by Crippen LogP contribution is 2.45. The van der Waals surface area contributed by atoms with Crippen molar-refractivity contribution in [3.05, 3.63) is 17.1 Å². The van der Waals surface area contributed by atoms with E-state index < -0.39 is 27.0 Å². The number of nitrogens with one attached hydrogen (secondary N) is 2. The third-order valence-electron chi connectivity index (χ3n) is 8.63. The first-order valence-corrected chi connectivity index (χ1v) is 15.8. The third-order valence-corrected chi connectivity index (χ3v) is 11.2. The molecule has 3 aromatic rings. The predicted molar refractivity (Wildman–Crippen MR) is 144 cm³/mol. The van der Waals surface area contributed by atoms with Crippen LogP contribution in [0.3, 0.4) is 0 Å². The molecular formula is C25H31F2N7O4S2. The lowest BCUT2D eigenvalue weighted by Gasteiger charge is -2.48. The number of rotatable bonds is 8. The Labute approximate surface area is 234 Å². The summed E-state index contributed by atoms with van der Waals surface area (Å²) in [6, 6.07) is 3.33. The van der Waals surface area contributed by atoms with Crippen molar-refractivity contribution in [1.82, 2.24) is 30.0 Å². The van der Waals surface area contributed by atoms with E-state index in [9.17, 15) is 17.2 Å². The topological polar surface area (TPSA) is 124 Å². The molecule has 0 radical (unpaired) electrons. The van der Waals surface area contributed by atoms with Gasteiger partial charge in [0.05, 0.1) is 34.7 Å². The number of halogens is 2. The Morgan fingerprint density at radius 2 is 1.95 bits per heavy atom. The van der Waals surface area contributed by atoms with Crippen molar-refractivity contribution >= 4 is 38.0 Å². The second-order valence-electron chi connectivity index (χ2n) is 11.8. The summed E-state index contributed by atoms with van der Waals surface area (Å²) in [6.45, 7) is 7.45. The van der Waals surface area contributed by atoms with Crippen LogP contribution in [-0.4, -0.2) is 78.9 Å².